The second-order valence-corrected chi connectivity index (χ2v) is 5.25. The van der Waals surface area contributed by atoms with Crippen molar-refractivity contribution in [3.8, 4) is 17.2 Å². The number of amides is 2. The standard InChI is InChI=1S/C18H22N2O4/c1-12-5-8-16(13(2)9-12)24-11-19-18(21)20-15-7-6-14(22-3)10-17(15)23-4/h5-10H,11H2,1-4H3,(H2,19,20,21). The number of aryl methyl sites for hydroxylation is 2. The average molecular weight is 330 g/mol. The number of rotatable bonds is 6. The van der Waals surface area contributed by atoms with E-state index in [1.54, 1.807) is 25.3 Å². The number of carbonyl (C=O) groups excluding carboxylic acids is 1. The predicted molar refractivity (Wildman–Crippen MR) is 93.1 cm³/mol. The van der Waals surface area contributed by atoms with Gasteiger partial charge in [0.1, 0.15) is 17.2 Å². The average Bonchev–Trinajstić information content (AvgIpc) is 2.57. The van der Waals surface area contributed by atoms with Crippen LogP contribution in [0, 0.1) is 13.8 Å². The highest BCUT2D eigenvalue weighted by Crippen LogP contribution is 2.28. The highest BCUT2D eigenvalue weighted by molar-refractivity contribution is 5.91. The Morgan fingerprint density at radius 1 is 1.00 bits per heavy atom. The zero-order valence-corrected chi connectivity index (χ0v) is 14.3. The molecule has 0 unspecified atom stereocenters. The van der Waals surface area contributed by atoms with E-state index in [1.807, 2.05) is 32.0 Å². The van der Waals surface area contributed by atoms with Crippen LogP contribution in [0.1, 0.15) is 11.1 Å². The third-order valence-electron chi connectivity index (χ3n) is 3.45. The van der Waals surface area contributed by atoms with E-state index in [-0.39, 0.29) is 12.8 Å². The minimum atomic E-state index is -0.386. The second kappa shape index (κ2) is 8.10. The summed E-state index contributed by atoms with van der Waals surface area (Å²) in [6.45, 7) is 4.05. The summed E-state index contributed by atoms with van der Waals surface area (Å²) in [5.74, 6) is 1.90. The van der Waals surface area contributed by atoms with Gasteiger partial charge in [0.05, 0.1) is 19.9 Å². The van der Waals surface area contributed by atoms with E-state index >= 15 is 0 Å². The van der Waals surface area contributed by atoms with Gasteiger partial charge in [0.15, 0.2) is 6.73 Å². The SMILES string of the molecule is COc1ccc(NC(=O)NCOc2ccc(C)cc2C)c(OC)c1. The topological polar surface area (TPSA) is 68.8 Å². The van der Waals surface area contributed by atoms with Crippen LogP contribution in [0.5, 0.6) is 17.2 Å². The summed E-state index contributed by atoms with van der Waals surface area (Å²) in [4.78, 5) is 12.0. The summed E-state index contributed by atoms with van der Waals surface area (Å²) < 4.78 is 15.9. The molecule has 0 fully saturated rings. The molecule has 0 saturated heterocycles. The van der Waals surface area contributed by atoms with E-state index in [9.17, 15) is 4.79 Å². The van der Waals surface area contributed by atoms with Gasteiger partial charge >= 0.3 is 6.03 Å². The molecule has 6 nitrogen and oxygen atoms in total. The van der Waals surface area contributed by atoms with Gasteiger partial charge in [-0.3, -0.25) is 0 Å². The Morgan fingerprint density at radius 3 is 2.46 bits per heavy atom. The lowest BCUT2D eigenvalue weighted by Gasteiger charge is -2.13. The molecule has 2 amide bonds. The molecule has 24 heavy (non-hydrogen) atoms. The van der Waals surface area contributed by atoms with Crippen molar-refractivity contribution in [2.24, 2.45) is 0 Å². The summed E-state index contributed by atoms with van der Waals surface area (Å²) in [5, 5.41) is 5.35. The maximum absolute atomic E-state index is 12.0. The van der Waals surface area contributed by atoms with Crippen molar-refractivity contribution in [3.05, 3.63) is 47.5 Å². The Morgan fingerprint density at radius 2 is 1.79 bits per heavy atom. The number of urea groups is 1. The van der Waals surface area contributed by atoms with Crippen LogP contribution in [0.15, 0.2) is 36.4 Å². The number of ether oxygens (including phenoxy) is 3. The van der Waals surface area contributed by atoms with Crippen molar-refractivity contribution in [2.75, 3.05) is 26.3 Å². The molecule has 0 atom stereocenters. The molecular weight excluding hydrogens is 308 g/mol. The van der Waals surface area contributed by atoms with Crippen molar-refractivity contribution < 1.29 is 19.0 Å². The predicted octanol–water partition coefficient (Wildman–Crippen LogP) is 3.48. The van der Waals surface area contributed by atoms with Gasteiger partial charge in [0.25, 0.3) is 0 Å². The molecule has 0 radical (unpaired) electrons. The minimum Gasteiger partial charge on any atom is -0.497 e. The molecule has 0 heterocycles. The van der Waals surface area contributed by atoms with E-state index in [0.29, 0.717) is 17.2 Å². The van der Waals surface area contributed by atoms with Gasteiger partial charge in [-0.1, -0.05) is 17.7 Å². The molecule has 0 aliphatic heterocycles. The van der Waals surface area contributed by atoms with Crippen LogP contribution in [-0.4, -0.2) is 27.0 Å². The van der Waals surface area contributed by atoms with Crippen molar-refractivity contribution >= 4 is 11.7 Å². The summed E-state index contributed by atoms with van der Waals surface area (Å²) in [6.07, 6.45) is 0. The van der Waals surface area contributed by atoms with Crippen molar-refractivity contribution in [2.45, 2.75) is 13.8 Å². The van der Waals surface area contributed by atoms with E-state index in [4.69, 9.17) is 14.2 Å². The molecule has 0 aromatic heterocycles. The largest absolute Gasteiger partial charge is 0.497 e. The Labute approximate surface area is 141 Å². The van der Waals surface area contributed by atoms with Gasteiger partial charge in [0, 0.05) is 6.07 Å². The van der Waals surface area contributed by atoms with E-state index in [2.05, 4.69) is 10.6 Å². The zero-order chi connectivity index (χ0) is 17.5. The molecule has 0 aliphatic carbocycles. The van der Waals surface area contributed by atoms with Crippen molar-refractivity contribution in [1.82, 2.24) is 5.32 Å². The summed E-state index contributed by atoms with van der Waals surface area (Å²) in [5.41, 5.74) is 2.73. The smallest absolute Gasteiger partial charge is 0.321 e. The Balaban J connectivity index is 1.89. The molecule has 2 N–H and O–H groups in total. The molecule has 2 aromatic rings. The number of nitrogens with one attached hydrogen (secondary N) is 2. The number of hydrogen-bond donors (Lipinski definition) is 2. The fourth-order valence-corrected chi connectivity index (χ4v) is 2.21. The molecule has 2 rings (SSSR count). The van der Waals surface area contributed by atoms with Crippen LogP contribution in [0.4, 0.5) is 10.5 Å². The van der Waals surface area contributed by atoms with Gasteiger partial charge in [0.2, 0.25) is 0 Å². The number of hydrogen-bond acceptors (Lipinski definition) is 4. The first-order chi connectivity index (χ1) is 11.5. The van der Waals surface area contributed by atoms with Gasteiger partial charge < -0.3 is 24.8 Å². The highest BCUT2D eigenvalue weighted by Gasteiger charge is 2.09. The van der Waals surface area contributed by atoms with Crippen LogP contribution in [0.3, 0.4) is 0 Å². The van der Waals surface area contributed by atoms with Crippen molar-refractivity contribution in [3.63, 3.8) is 0 Å². The number of benzene rings is 2. The third-order valence-corrected chi connectivity index (χ3v) is 3.45. The summed E-state index contributed by atoms with van der Waals surface area (Å²) in [6, 6.07) is 10.6. The molecule has 0 bridgehead atoms. The lowest BCUT2D eigenvalue weighted by Crippen LogP contribution is -2.32. The molecule has 0 saturated carbocycles. The quantitative estimate of drug-likeness (QED) is 0.796. The number of methoxy groups -OCH3 is 2. The van der Waals surface area contributed by atoms with Gasteiger partial charge in [-0.15, -0.1) is 0 Å². The van der Waals surface area contributed by atoms with Crippen LogP contribution < -0.4 is 24.8 Å². The fourth-order valence-electron chi connectivity index (χ4n) is 2.21. The normalized spacial score (nSPS) is 10.0. The van der Waals surface area contributed by atoms with Crippen molar-refractivity contribution in [1.29, 1.82) is 0 Å². The fraction of sp³-hybridized carbons (Fsp3) is 0.278. The molecule has 0 spiro atoms. The maximum atomic E-state index is 12.0. The van der Waals surface area contributed by atoms with Gasteiger partial charge in [-0.05, 0) is 37.6 Å². The molecule has 6 heteroatoms. The minimum absolute atomic E-state index is 0.0637. The zero-order valence-electron chi connectivity index (χ0n) is 14.3. The van der Waals surface area contributed by atoms with Gasteiger partial charge in [-0.2, -0.15) is 0 Å². The van der Waals surface area contributed by atoms with E-state index < -0.39 is 0 Å². The molecular formula is C18H22N2O4. The monoisotopic (exact) mass is 330 g/mol. The molecule has 0 aliphatic rings. The third kappa shape index (κ3) is 4.55. The van der Waals surface area contributed by atoms with Gasteiger partial charge in [-0.25, -0.2) is 4.79 Å². The summed E-state index contributed by atoms with van der Waals surface area (Å²) in [7, 11) is 3.10. The van der Waals surface area contributed by atoms with E-state index in [1.165, 1.54) is 7.11 Å². The molecule has 2 aromatic carbocycles. The Bertz CT molecular complexity index is 716. The first-order valence-electron chi connectivity index (χ1n) is 7.50. The van der Waals surface area contributed by atoms with Crippen LogP contribution >= 0.6 is 0 Å². The first-order valence-corrected chi connectivity index (χ1v) is 7.50. The first kappa shape index (κ1) is 17.5. The maximum Gasteiger partial charge on any atom is 0.321 e. The second-order valence-electron chi connectivity index (χ2n) is 5.25. The molecule has 128 valence electrons. The van der Waals surface area contributed by atoms with Crippen LogP contribution in [0.25, 0.3) is 0 Å². The van der Waals surface area contributed by atoms with Crippen LogP contribution in [0.2, 0.25) is 0 Å². The number of carbonyl (C=O) groups is 1. The lowest BCUT2D eigenvalue weighted by atomic mass is 10.1. The Hall–Kier alpha value is -2.89. The van der Waals surface area contributed by atoms with E-state index in [0.717, 1.165) is 16.9 Å². The number of anilines is 1. The highest BCUT2D eigenvalue weighted by atomic mass is 16.5. The summed E-state index contributed by atoms with van der Waals surface area (Å²) >= 11 is 0. The lowest BCUT2D eigenvalue weighted by molar-refractivity contribution is 0.234. The van der Waals surface area contributed by atoms with Crippen LogP contribution in [-0.2, 0) is 0 Å². The Kier molecular flexibility index (Phi) is 5.89.